The molecule has 0 aliphatic carbocycles. The van der Waals surface area contributed by atoms with Crippen molar-refractivity contribution in [2.75, 3.05) is 6.61 Å². The molecule has 7 nitrogen and oxygen atoms in total. The van der Waals surface area contributed by atoms with E-state index in [9.17, 15) is 14.4 Å². The van der Waals surface area contributed by atoms with Gasteiger partial charge >= 0.3 is 12.0 Å². The maximum absolute atomic E-state index is 11.8. The molecule has 0 aliphatic rings. The molecule has 0 saturated carbocycles. The van der Waals surface area contributed by atoms with Crippen molar-refractivity contribution >= 4 is 29.5 Å². The zero-order chi connectivity index (χ0) is 17.6. The molecular formula is C15H19ClN2O5. The van der Waals surface area contributed by atoms with Crippen LogP contribution in [0, 0.1) is 12.8 Å². The van der Waals surface area contributed by atoms with Gasteiger partial charge in [-0.2, -0.15) is 0 Å². The van der Waals surface area contributed by atoms with Crippen LogP contribution in [0.5, 0.6) is 5.75 Å². The Kier molecular flexibility index (Phi) is 6.84. The van der Waals surface area contributed by atoms with Gasteiger partial charge in [-0.3, -0.25) is 10.1 Å². The van der Waals surface area contributed by atoms with Gasteiger partial charge in [-0.15, -0.1) is 0 Å². The average molecular weight is 343 g/mol. The highest BCUT2D eigenvalue weighted by atomic mass is 35.5. The van der Waals surface area contributed by atoms with Crippen molar-refractivity contribution < 1.29 is 23.9 Å². The van der Waals surface area contributed by atoms with Gasteiger partial charge in [0.2, 0.25) is 0 Å². The highest BCUT2D eigenvalue weighted by Crippen LogP contribution is 2.25. The van der Waals surface area contributed by atoms with Gasteiger partial charge < -0.3 is 15.2 Å². The number of imide groups is 1. The number of rotatable bonds is 6. The van der Waals surface area contributed by atoms with E-state index < -0.39 is 30.6 Å². The van der Waals surface area contributed by atoms with Crippen LogP contribution in [-0.2, 0) is 14.3 Å². The first kappa shape index (κ1) is 18.8. The number of carbonyl (C=O) groups is 3. The Morgan fingerprint density at radius 2 is 1.96 bits per heavy atom. The molecule has 0 fully saturated rings. The Labute approximate surface area is 139 Å². The van der Waals surface area contributed by atoms with Gasteiger partial charge in [0, 0.05) is 0 Å². The standard InChI is InChI=1S/C15H19ClN2O5/c1-8(2)13(14(20)18-15(17)21)23-12(19)7-22-11-6-9(3)4-5-10(11)16/h4-6,8,13H,7H2,1-3H3,(H3,17,18,20,21)/t13-/m1/s1. The number of halogens is 1. The van der Waals surface area contributed by atoms with Crippen LogP contribution in [0.1, 0.15) is 19.4 Å². The largest absolute Gasteiger partial charge is 0.480 e. The lowest BCUT2D eigenvalue weighted by molar-refractivity contribution is -0.160. The van der Waals surface area contributed by atoms with Gasteiger partial charge in [0.1, 0.15) is 5.75 Å². The fourth-order valence-electron chi connectivity index (χ4n) is 1.72. The van der Waals surface area contributed by atoms with E-state index in [0.29, 0.717) is 10.8 Å². The van der Waals surface area contributed by atoms with Crippen molar-refractivity contribution in [1.29, 1.82) is 0 Å². The molecule has 1 atom stereocenters. The fourth-order valence-corrected chi connectivity index (χ4v) is 1.89. The quantitative estimate of drug-likeness (QED) is 0.766. The molecule has 23 heavy (non-hydrogen) atoms. The molecule has 0 aliphatic heterocycles. The summed E-state index contributed by atoms with van der Waals surface area (Å²) < 4.78 is 10.3. The van der Waals surface area contributed by atoms with Crippen LogP contribution < -0.4 is 15.8 Å². The van der Waals surface area contributed by atoms with Crippen LogP contribution in [0.2, 0.25) is 5.02 Å². The number of ether oxygens (including phenoxy) is 2. The number of nitrogens with two attached hydrogens (primary N) is 1. The average Bonchev–Trinajstić information content (AvgIpc) is 2.44. The van der Waals surface area contributed by atoms with Crippen molar-refractivity contribution in [3.8, 4) is 5.75 Å². The topological polar surface area (TPSA) is 108 Å². The van der Waals surface area contributed by atoms with Gasteiger partial charge in [0.05, 0.1) is 5.02 Å². The maximum Gasteiger partial charge on any atom is 0.344 e. The van der Waals surface area contributed by atoms with Gasteiger partial charge in [0.15, 0.2) is 12.7 Å². The second kappa shape index (κ2) is 8.38. The molecule has 1 rings (SSSR count). The Morgan fingerprint density at radius 1 is 1.30 bits per heavy atom. The highest BCUT2D eigenvalue weighted by molar-refractivity contribution is 6.32. The molecule has 3 N–H and O–H groups in total. The Hall–Kier alpha value is -2.28. The van der Waals surface area contributed by atoms with Crippen molar-refractivity contribution in [3.05, 3.63) is 28.8 Å². The first-order valence-electron chi connectivity index (χ1n) is 6.89. The number of urea groups is 1. The van der Waals surface area contributed by atoms with E-state index in [2.05, 4.69) is 0 Å². The third-order valence-corrected chi connectivity index (χ3v) is 3.11. The summed E-state index contributed by atoms with van der Waals surface area (Å²) in [7, 11) is 0. The number of carbonyl (C=O) groups excluding carboxylic acids is 3. The summed E-state index contributed by atoms with van der Waals surface area (Å²) in [4.78, 5) is 34.3. The third-order valence-electron chi connectivity index (χ3n) is 2.80. The molecule has 1 aromatic rings. The summed E-state index contributed by atoms with van der Waals surface area (Å²) in [6.45, 7) is 4.76. The number of hydrogen-bond acceptors (Lipinski definition) is 5. The number of nitrogens with one attached hydrogen (secondary N) is 1. The van der Waals surface area contributed by atoms with Crippen LogP contribution in [0.25, 0.3) is 0 Å². The number of hydrogen-bond donors (Lipinski definition) is 2. The molecule has 0 heterocycles. The Morgan fingerprint density at radius 3 is 2.52 bits per heavy atom. The molecule has 0 unspecified atom stereocenters. The number of primary amides is 1. The number of amides is 3. The predicted molar refractivity (Wildman–Crippen MR) is 84.1 cm³/mol. The van der Waals surface area contributed by atoms with Crippen LogP contribution in [0.3, 0.4) is 0 Å². The fraction of sp³-hybridized carbons (Fsp3) is 0.400. The summed E-state index contributed by atoms with van der Waals surface area (Å²) in [6.07, 6.45) is -1.15. The molecule has 0 radical (unpaired) electrons. The van der Waals surface area contributed by atoms with E-state index in [0.717, 1.165) is 5.56 Å². The second-order valence-electron chi connectivity index (χ2n) is 5.23. The van der Waals surface area contributed by atoms with E-state index in [1.54, 1.807) is 32.0 Å². The van der Waals surface area contributed by atoms with Crippen LogP contribution in [0.4, 0.5) is 4.79 Å². The zero-order valence-corrected chi connectivity index (χ0v) is 13.8. The minimum absolute atomic E-state index is 0.339. The summed E-state index contributed by atoms with van der Waals surface area (Å²) in [6, 6.07) is 4.11. The normalized spacial score (nSPS) is 11.7. The molecule has 0 aromatic heterocycles. The van der Waals surface area contributed by atoms with Gasteiger partial charge in [0.25, 0.3) is 5.91 Å². The first-order valence-corrected chi connectivity index (χ1v) is 7.27. The van der Waals surface area contributed by atoms with Crippen molar-refractivity contribution in [2.45, 2.75) is 26.9 Å². The zero-order valence-electron chi connectivity index (χ0n) is 13.1. The Balaban J connectivity index is 2.64. The minimum atomic E-state index is -1.15. The Bertz CT molecular complexity index is 604. The number of aryl methyl sites for hydroxylation is 1. The SMILES string of the molecule is Cc1ccc(Cl)c(OCC(=O)O[C@@H](C(=O)NC(N)=O)C(C)C)c1. The predicted octanol–water partition coefficient (Wildman–Crippen LogP) is 1.79. The van der Waals surface area contributed by atoms with Crippen LogP contribution in [0.15, 0.2) is 18.2 Å². The lowest BCUT2D eigenvalue weighted by atomic mass is 10.1. The van der Waals surface area contributed by atoms with E-state index in [-0.39, 0.29) is 5.92 Å². The molecule has 0 spiro atoms. The molecule has 3 amide bonds. The monoisotopic (exact) mass is 342 g/mol. The van der Waals surface area contributed by atoms with Crippen molar-refractivity contribution in [3.63, 3.8) is 0 Å². The smallest absolute Gasteiger partial charge is 0.344 e. The molecule has 126 valence electrons. The molecule has 0 bridgehead atoms. The summed E-state index contributed by atoms with van der Waals surface area (Å²) in [5.41, 5.74) is 5.79. The number of esters is 1. The van der Waals surface area contributed by atoms with E-state index in [4.69, 9.17) is 26.8 Å². The van der Waals surface area contributed by atoms with Crippen LogP contribution >= 0.6 is 11.6 Å². The first-order chi connectivity index (χ1) is 10.7. The summed E-state index contributed by atoms with van der Waals surface area (Å²) >= 11 is 5.95. The van der Waals surface area contributed by atoms with Gasteiger partial charge in [-0.1, -0.05) is 31.5 Å². The lowest BCUT2D eigenvalue weighted by Gasteiger charge is -2.20. The second-order valence-corrected chi connectivity index (χ2v) is 5.64. The van der Waals surface area contributed by atoms with Gasteiger partial charge in [-0.25, -0.2) is 9.59 Å². The van der Waals surface area contributed by atoms with Crippen molar-refractivity contribution in [1.82, 2.24) is 5.32 Å². The summed E-state index contributed by atoms with van der Waals surface area (Å²) in [5, 5.41) is 2.24. The molecule has 1 aromatic carbocycles. The minimum Gasteiger partial charge on any atom is -0.480 e. The number of benzene rings is 1. The van der Waals surface area contributed by atoms with E-state index >= 15 is 0 Å². The molecule has 8 heteroatoms. The molecular weight excluding hydrogens is 324 g/mol. The lowest BCUT2D eigenvalue weighted by Crippen LogP contribution is -2.46. The third kappa shape index (κ3) is 6.15. The molecule has 0 saturated heterocycles. The highest BCUT2D eigenvalue weighted by Gasteiger charge is 2.27. The van der Waals surface area contributed by atoms with E-state index in [1.807, 2.05) is 12.2 Å². The van der Waals surface area contributed by atoms with Crippen LogP contribution in [-0.4, -0.2) is 30.6 Å². The maximum atomic E-state index is 11.8. The van der Waals surface area contributed by atoms with E-state index in [1.165, 1.54) is 0 Å². The van der Waals surface area contributed by atoms with Gasteiger partial charge in [-0.05, 0) is 30.5 Å². The van der Waals surface area contributed by atoms with Crippen molar-refractivity contribution in [2.24, 2.45) is 11.7 Å². The summed E-state index contributed by atoms with van der Waals surface area (Å²) in [5.74, 6) is -1.55.